The number of hydrogen-bond acceptors (Lipinski definition) is 5. The molecule has 0 spiro atoms. The van der Waals surface area contributed by atoms with Crippen molar-refractivity contribution in [2.45, 2.75) is 5.75 Å². The van der Waals surface area contributed by atoms with Crippen molar-refractivity contribution in [2.75, 3.05) is 14.2 Å². The first kappa shape index (κ1) is 9.12. The van der Waals surface area contributed by atoms with Crippen LogP contribution in [0.5, 0.6) is 11.6 Å². The van der Waals surface area contributed by atoms with Crippen LogP contribution in [-0.2, 0) is 5.75 Å². The van der Waals surface area contributed by atoms with Gasteiger partial charge in [0.25, 0.3) is 5.88 Å². The maximum atomic E-state index is 4.97. The van der Waals surface area contributed by atoms with Crippen LogP contribution in [-0.4, -0.2) is 24.2 Å². The van der Waals surface area contributed by atoms with Gasteiger partial charge in [-0.3, -0.25) is 0 Å². The molecule has 0 amide bonds. The number of nitrogens with zero attached hydrogens (tertiary/aromatic N) is 2. The minimum atomic E-state index is 0.441. The molecule has 0 bridgehead atoms. The van der Waals surface area contributed by atoms with Crippen molar-refractivity contribution in [3.8, 4) is 11.6 Å². The normalized spacial score (nSPS) is 9.58. The highest BCUT2D eigenvalue weighted by Gasteiger charge is 2.05. The van der Waals surface area contributed by atoms with E-state index in [9.17, 15) is 0 Å². The smallest absolute Gasteiger partial charge is 0.260 e. The largest absolute Gasteiger partial charge is 0.490 e. The van der Waals surface area contributed by atoms with Gasteiger partial charge in [-0.15, -0.1) is 0 Å². The molecule has 0 radical (unpaired) electrons. The van der Waals surface area contributed by atoms with Gasteiger partial charge in [-0.25, -0.2) is 4.98 Å². The zero-order chi connectivity index (χ0) is 8.97. The Morgan fingerprint density at radius 1 is 1.42 bits per heavy atom. The number of ether oxygens (including phenoxy) is 2. The summed E-state index contributed by atoms with van der Waals surface area (Å²) in [6.45, 7) is 0. The Morgan fingerprint density at radius 3 is 2.67 bits per heavy atom. The van der Waals surface area contributed by atoms with Crippen molar-refractivity contribution in [3.63, 3.8) is 0 Å². The van der Waals surface area contributed by atoms with Gasteiger partial charge in [0.1, 0.15) is 5.82 Å². The van der Waals surface area contributed by atoms with Crippen molar-refractivity contribution >= 4 is 12.6 Å². The molecule has 4 nitrogen and oxygen atoms in total. The number of hydrogen-bond donors (Lipinski definition) is 1. The second-order valence-electron chi connectivity index (χ2n) is 2.02. The number of thiol groups is 1. The van der Waals surface area contributed by atoms with Gasteiger partial charge in [-0.2, -0.15) is 17.6 Å². The van der Waals surface area contributed by atoms with Gasteiger partial charge in [0, 0.05) is 0 Å². The van der Waals surface area contributed by atoms with Gasteiger partial charge in [0.05, 0.1) is 26.2 Å². The Labute approximate surface area is 76.3 Å². The zero-order valence-electron chi connectivity index (χ0n) is 6.94. The predicted molar refractivity (Wildman–Crippen MR) is 47.8 cm³/mol. The van der Waals surface area contributed by atoms with E-state index in [1.54, 1.807) is 13.3 Å². The SMILES string of the molecule is COc1cnc(CS)nc1OC. The third kappa shape index (κ3) is 1.79. The Morgan fingerprint density at radius 2 is 2.17 bits per heavy atom. The van der Waals surface area contributed by atoms with Crippen LogP contribution in [0.15, 0.2) is 6.20 Å². The molecule has 0 unspecified atom stereocenters. The number of aromatic nitrogens is 2. The Balaban J connectivity index is 3.02. The van der Waals surface area contributed by atoms with Gasteiger partial charge >= 0.3 is 0 Å². The van der Waals surface area contributed by atoms with Crippen molar-refractivity contribution in [1.82, 2.24) is 9.97 Å². The average molecular weight is 186 g/mol. The molecule has 0 aromatic carbocycles. The summed E-state index contributed by atoms with van der Waals surface area (Å²) in [4.78, 5) is 8.03. The third-order valence-electron chi connectivity index (χ3n) is 1.33. The summed E-state index contributed by atoms with van der Waals surface area (Å²) in [6.07, 6.45) is 1.57. The molecule has 1 aromatic heterocycles. The van der Waals surface area contributed by atoms with Gasteiger partial charge in [-0.1, -0.05) is 0 Å². The topological polar surface area (TPSA) is 44.2 Å². The van der Waals surface area contributed by atoms with E-state index in [0.29, 0.717) is 23.2 Å². The maximum absolute atomic E-state index is 4.97. The molecule has 66 valence electrons. The summed E-state index contributed by atoms with van der Waals surface area (Å²) in [5.41, 5.74) is 0. The summed E-state index contributed by atoms with van der Waals surface area (Å²) in [5, 5.41) is 0. The lowest BCUT2D eigenvalue weighted by atomic mass is 10.5. The molecule has 0 fully saturated rings. The van der Waals surface area contributed by atoms with Crippen molar-refractivity contribution < 1.29 is 9.47 Å². The first-order valence-electron chi connectivity index (χ1n) is 3.36. The van der Waals surface area contributed by atoms with Crippen LogP contribution in [0.3, 0.4) is 0 Å². The quantitative estimate of drug-likeness (QED) is 0.713. The molecule has 0 aliphatic rings. The molecule has 12 heavy (non-hydrogen) atoms. The monoisotopic (exact) mass is 186 g/mol. The third-order valence-corrected chi connectivity index (χ3v) is 1.61. The fourth-order valence-electron chi connectivity index (χ4n) is 0.752. The first-order chi connectivity index (χ1) is 5.81. The Bertz CT molecular complexity index is 268. The lowest BCUT2D eigenvalue weighted by Crippen LogP contribution is -1.98. The Kier molecular flexibility index (Phi) is 3.16. The first-order valence-corrected chi connectivity index (χ1v) is 3.99. The highest BCUT2D eigenvalue weighted by molar-refractivity contribution is 7.79. The standard InChI is InChI=1S/C7H10N2O2S/c1-10-5-3-8-6(4-12)9-7(5)11-2/h3,12H,4H2,1-2H3. The van der Waals surface area contributed by atoms with Crippen molar-refractivity contribution in [1.29, 1.82) is 0 Å². The molecule has 1 heterocycles. The second-order valence-corrected chi connectivity index (χ2v) is 2.34. The maximum Gasteiger partial charge on any atom is 0.260 e. The molecule has 5 heteroatoms. The lowest BCUT2D eigenvalue weighted by Gasteiger charge is -2.05. The average Bonchev–Trinajstić information content (AvgIpc) is 2.16. The molecule has 1 aromatic rings. The van der Waals surface area contributed by atoms with Crippen LogP contribution >= 0.6 is 12.6 Å². The highest BCUT2D eigenvalue weighted by Crippen LogP contribution is 2.22. The summed E-state index contributed by atoms with van der Waals surface area (Å²) >= 11 is 4.04. The molecule has 0 N–H and O–H groups in total. The van der Waals surface area contributed by atoms with E-state index in [1.807, 2.05) is 0 Å². The number of rotatable bonds is 3. The van der Waals surface area contributed by atoms with Gasteiger partial charge in [0.2, 0.25) is 0 Å². The van der Waals surface area contributed by atoms with E-state index in [-0.39, 0.29) is 0 Å². The fraction of sp³-hybridized carbons (Fsp3) is 0.429. The second kappa shape index (κ2) is 4.15. The van der Waals surface area contributed by atoms with Crippen molar-refractivity contribution in [2.24, 2.45) is 0 Å². The zero-order valence-corrected chi connectivity index (χ0v) is 7.84. The van der Waals surface area contributed by atoms with Crippen LogP contribution in [0.4, 0.5) is 0 Å². The summed E-state index contributed by atoms with van der Waals surface area (Å²) in [6, 6.07) is 0. The number of methoxy groups -OCH3 is 2. The molecule has 0 saturated carbocycles. The molecule has 1 rings (SSSR count). The Hall–Kier alpha value is -0.970. The molecule has 0 aliphatic carbocycles. The van der Waals surface area contributed by atoms with Crippen LogP contribution in [0, 0.1) is 0 Å². The van der Waals surface area contributed by atoms with E-state index in [0.717, 1.165) is 0 Å². The van der Waals surface area contributed by atoms with Gasteiger partial charge < -0.3 is 9.47 Å². The van der Waals surface area contributed by atoms with Crippen LogP contribution in [0.1, 0.15) is 5.82 Å². The van der Waals surface area contributed by atoms with Gasteiger partial charge in [0.15, 0.2) is 5.75 Å². The van der Waals surface area contributed by atoms with E-state index in [1.165, 1.54) is 7.11 Å². The van der Waals surface area contributed by atoms with E-state index >= 15 is 0 Å². The lowest BCUT2D eigenvalue weighted by molar-refractivity contribution is 0.339. The molecule has 0 saturated heterocycles. The van der Waals surface area contributed by atoms with Crippen LogP contribution < -0.4 is 9.47 Å². The van der Waals surface area contributed by atoms with Crippen LogP contribution in [0.25, 0.3) is 0 Å². The predicted octanol–water partition coefficient (Wildman–Crippen LogP) is 0.924. The highest BCUT2D eigenvalue weighted by atomic mass is 32.1. The van der Waals surface area contributed by atoms with E-state index in [2.05, 4.69) is 22.6 Å². The fourth-order valence-corrected chi connectivity index (χ4v) is 0.904. The minimum absolute atomic E-state index is 0.441. The van der Waals surface area contributed by atoms with Crippen molar-refractivity contribution in [3.05, 3.63) is 12.0 Å². The minimum Gasteiger partial charge on any atom is -0.490 e. The van der Waals surface area contributed by atoms with Gasteiger partial charge in [-0.05, 0) is 0 Å². The molecular weight excluding hydrogens is 176 g/mol. The van der Waals surface area contributed by atoms with Crippen LogP contribution in [0.2, 0.25) is 0 Å². The molecule has 0 aliphatic heterocycles. The molecular formula is C7H10N2O2S. The summed E-state index contributed by atoms with van der Waals surface area (Å²) < 4.78 is 9.93. The van der Waals surface area contributed by atoms with E-state index in [4.69, 9.17) is 9.47 Å². The molecule has 0 atom stereocenters. The summed E-state index contributed by atoms with van der Waals surface area (Å²) in [7, 11) is 3.08. The van der Waals surface area contributed by atoms with E-state index < -0.39 is 0 Å². The summed E-state index contributed by atoms with van der Waals surface area (Å²) in [5.74, 6) is 2.08.